The van der Waals surface area contributed by atoms with E-state index in [1.165, 1.54) is 23.1 Å². The Labute approximate surface area is 134 Å². The number of carbonyl (C=O) groups is 1. The number of nitrogens with one attached hydrogen (secondary N) is 1. The van der Waals surface area contributed by atoms with Gasteiger partial charge in [-0.3, -0.25) is 4.79 Å². The molecule has 0 aromatic carbocycles. The first-order chi connectivity index (χ1) is 10.7. The maximum atomic E-state index is 11.7. The second-order valence-corrected chi connectivity index (χ2v) is 6.31. The van der Waals surface area contributed by atoms with Crippen LogP contribution in [0.4, 0.5) is 5.82 Å². The summed E-state index contributed by atoms with van der Waals surface area (Å²) >= 11 is 2.88. The van der Waals surface area contributed by atoms with Crippen LogP contribution in [0.5, 0.6) is 0 Å². The second kappa shape index (κ2) is 6.75. The summed E-state index contributed by atoms with van der Waals surface area (Å²) in [5.41, 5.74) is 0. The van der Waals surface area contributed by atoms with Gasteiger partial charge in [-0.15, -0.1) is 21.5 Å². The highest BCUT2D eigenvalue weighted by atomic mass is 32.2. The average molecular weight is 336 g/mol. The minimum Gasteiger partial charge on any atom is -0.410 e. The zero-order valence-corrected chi connectivity index (χ0v) is 13.2. The maximum Gasteiger partial charge on any atom is 0.276 e. The van der Waals surface area contributed by atoms with Gasteiger partial charge in [0.1, 0.15) is 5.76 Å². The van der Waals surface area contributed by atoms with Gasteiger partial charge in [0.15, 0.2) is 5.82 Å². The molecule has 3 heterocycles. The highest BCUT2D eigenvalue weighted by molar-refractivity contribution is 7.99. The molecule has 0 saturated heterocycles. The molecule has 0 spiro atoms. The Balaban J connectivity index is 1.46. The van der Waals surface area contributed by atoms with Crippen LogP contribution in [0.15, 0.2) is 37.7 Å². The standard InChI is InChI=1S/C13H12N4O3S2/c1-8-7-10(17-20-8)14-11(18)4-6-22-13-16-15-12(19-13)9-3-2-5-21-9/h2-3,5,7H,4,6H2,1H3,(H,14,17,18). The summed E-state index contributed by atoms with van der Waals surface area (Å²) in [7, 11) is 0. The quantitative estimate of drug-likeness (QED) is 0.691. The zero-order chi connectivity index (χ0) is 15.4. The van der Waals surface area contributed by atoms with Gasteiger partial charge >= 0.3 is 0 Å². The first kappa shape index (κ1) is 14.8. The number of carbonyl (C=O) groups excluding carboxylic acids is 1. The fraction of sp³-hybridized carbons (Fsp3) is 0.231. The molecule has 1 amide bonds. The minimum absolute atomic E-state index is 0.140. The molecule has 0 atom stereocenters. The topological polar surface area (TPSA) is 94.1 Å². The van der Waals surface area contributed by atoms with Crippen LogP contribution in [0.25, 0.3) is 10.8 Å². The predicted octanol–water partition coefficient (Wildman–Crippen LogP) is 3.22. The average Bonchev–Trinajstić information content (AvgIpc) is 3.20. The highest BCUT2D eigenvalue weighted by Crippen LogP contribution is 2.26. The molecule has 9 heteroatoms. The van der Waals surface area contributed by atoms with Gasteiger partial charge in [-0.2, -0.15) is 0 Å². The van der Waals surface area contributed by atoms with Crippen molar-refractivity contribution in [2.75, 3.05) is 11.1 Å². The van der Waals surface area contributed by atoms with E-state index in [0.717, 1.165) is 4.88 Å². The first-order valence-corrected chi connectivity index (χ1v) is 8.30. The smallest absolute Gasteiger partial charge is 0.276 e. The maximum absolute atomic E-state index is 11.7. The molecule has 22 heavy (non-hydrogen) atoms. The van der Waals surface area contributed by atoms with Crippen molar-refractivity contribution in [3.63, 3.8) is 0 Å². The number of aryl methyl sites for hydroxylation is 1. The molecule has 0 unspecified atom stereocenters. The number of hydrogen-bond donors (Lipinski definition) is 1. The number of anilines is 1. The van der Waals surface area contributed by atoms with Gasteiger partial charge in [0.2, 0.25) is 5.91 Å². The van der Waals surface area contributed by atoms with Gasteiger partial charge in [-0.05, 0) is 18.4 Å². The Bertz CT molecular complexity index is 751. The van der Waals surface area contributed by atoms with Crippen LogP contribution in [-0.2, 0) is 4.79 Å². The summed E-state index contributed by atoms with van der Waals surface area (Å²) in [6.07, 6.45) is 0.313. The van der Waals surface area contributed by atoms with Crippen LogP contribution in [0.1, 0.15) is 12.2 Å². The Morgan fingerprint density at radius 3 is 3.09 bits per heavy atom. The molecule has 0 aliphatic heterocycles. The molecule has 7 nitrogen and oxygen atoms in total. The lowest BCUT2D eigenvalue weighted by Crippen LogP contribution is -2.12. The normalized spacial score (nSPS) is 10.8. The number of thioether (sulfide) groups is 1. The summed E-state index contributed by atoms with van der Waals surface area (Å²) in [6.45, 7) is 1.76. The fourth-order valence-corrected chi connectivity index (χ4v) is 2.97. The van der Waals surface area contributed by atoms with Crippen molar-refractivity contribution in [3.8, 4) is 10.8 Å². The van der Waals surface area contributed by atoms with E-state index in [1.807, 2.05) is 17.5 Å². The number of aromatic nitrogens is 3. The summed E-state index contributed by atoms with van der Waals surface area (Å²) in [4.78, 5) is 12.7. The monoisotopic (exact) mass is 336 g/mol. The van der Waals surface area contributed by atoms with E-state index < -0.39 is 0 Å². The predicted molar refractivity (Wildman–Crippen MR) is 82.8 cm³/mol. The third-order valence-corrected chi connectivity index (χ3v) is 4.27. The lowest BCUT2D eigenvalue weighted by Gasteiger charge is -1.99. The number of rotatable bonds is 6. The van der Waals surface area contributed by atoms with Crippen LogP contribution < -0.4 is 5.32 Å². The lowest BCUT2D eigenvalue weighted by atomic mass is 10.4. The Morgan fingerprint density at radius 1 is 1.45 bits per heavy atom. The van der Waals surface area contributed by atoms with Gasteiger partial charge in [0.25, 0.3) is 11.1 Å². The summed E-state index contributed by atoms with van der Waals surface area (Å²) in [6, 6.07) is 5.50. The number of thiophene rings is 1. The van der Waals surface area contributed by atoms with Crippen molar-refractivity contribution < 1.29 is 13.7 Å². The molecule has 3 aromatic rings. The first-order valence-electron chi connectivity index (χ1n) is 6.44. The molecule has 0 saturated carbocycles. The molecule has 0 aliphatic carbocycles. The van der Waals surface area contributed by atoms with Crippen LogP contribution in [0.3, 0.4) is 0 Å². The van der Waals surface area contributed by atoms with Gasteiger partial charge in [-0.25, -0.2) is 0 Å². The van der Waals surface area contributed by atoms with Crippen LogP contribution in [-0.4, -0.2) is 27.0 Å². The zero-order valence-electron chi connectivity index (χ0n) is 11.6. The molecule has 0 radical (unpaired) electrons. The molecule has 3 rings (SSSR count). The van der Waals surface area contributed by atoms with E-state index in [9.17, 15) is 4.79 Å². The molecule has 3 aromatic heterocycles. The second-order valence-electron chi connectivity index (χ2n) is 4.32. The van der Waals surface area contributed by atoms with Crippen molar-refractivity contribution in [1.29, 1.82) is 0 Å². The van der Waals surface area contributed by atoms with E-state index in [-0.39, 0.29) is 5.91 Å². The van der Waals surface area contributed by atoms with E-state index in [0.29, 0.717) is 34.9 Å². The van der Waals surface area contributed by atoms with Crippen molar-refractivity contribution >= 4 is 34.8 Å². The van der Waals surface area contributed by atoms with Gasteiger partial charge in [0, 0.05) is 18.2 Å². The minimum atomic E-state index is -0.140. The summed E-state index contributed by atoms with van der Waals surface area (Å²) < 4.78 is 10.4. The molecule has 0 aliphatic rings. The number of hydrogen-bond acceptors (Lipinski definition) is 8. The summed E-state index contributed by atoms with van der Waals surface area (Å²) in [5, 5.41) is 16.7. The molecule has 114 valence electrons. The van der Waals surface area contributed by atoms with E-state index in [1.54, 1.807) is 13.0 Å². The third kappa shape index (κ3) is 3.74. The van der Waals surface area contributed by atoms with E-state index in [2.05, 4.69) is 20.7 Å². The van der Waals surface area contributed by atoms with Crippen LogP contribution in [0.2, 0.25) is 0 Å². The Hall–Kier alpha value is -2.13. The molecule has 0 bridgehead atoms. The van der Waals surface area contributed by atoms with Crippen molar-refractivity contribution in [2.45, 2.75) is 18.6 Å². The third-order valence-electron chi connectivity index (χ3n) is 2.59. The van der Waals surface area contributed by atoms with E-state index in [4.69, 9.17) is 8.94 Å². The number of amides is 1. The highest BCUT2D eigenvalue weighted by Gasteiger charge is 2.11. The number of nitrogens with zero attached hydrogens (tertiary/aromatic N) is 3. The largest absolute Gasteiger partial charge is 0.410 e. The molecular weight excluding hydrogens is 324 g/mol. The SMILES string of the molecule is Cc1cc(NC(=O)CCSc2nnc(-c3cccs3)o2)no1. The molecule has 0 fully saturated rings. The summed E-state index contributed by atoms with van der Waals surface area (Å²) in [5.74, 6) is 1.97. The van der Waals surface area contributed by atoms with Gasteiger partial charge < -0.3 is 14.3 Å². The van der Waals surface area contributed by atoms with Gasteiger partial charge in [0.05, 0.1) is 4.88 Å². The molecular formula is C13H12N4O3S2. The van der Waals surface area contributed by atoms with Crippen molar-refractivity contribution in [1.82, 2.24) is 15.4 Å². The lowest BCUT2D eigenvalue weighted by molar-refractivity contribution is -0.115. The van der Waals surface area contributed by atoms with Gasteiger partial charge in [-0.1, -0.05) is 23.0 Å². The van der Waals surface area contributed by atoms with Crippen molar-refractivity contribution in [2.24, 2.45) is 0 Å². The Morgan fingerprint density at radius 2 is 2.36 bits per heavy atom. The Kier molecular flexibility index (Phi) is 4.54. The molecule has 1 N–H and O–H groups in total. The van der Waals surface area contributed by atoms with E-state index >= 15 is 0 Å². The fourth-order valence-electron chi connectivity index (χ4n) is 1.63. The van der Waals surface area contributed by atoms with Crippen molar-refractivity contribution in [3.05, 3.63) is 29.3 Å². The van der Waals surface area contributed by atoms with Crippen LogP contribution in [0, 0.1) is 6.92 Å². The van der Waals surface area contributed by atoms with Crippen LogP contribution >= 0.6 is 23.1 Å².